The van der Waals surface area contributed by atoms with Gasteiger partial charge in [-0.2, -0.15) is 0 Å². The van der Waals surface area contributed by atoms with Gasteiger partial charge in [-0.3, -0.25) is 0 Å². The van der Waals surface area contributed by atoms with E-state index in [0.29, 0.717) is 11.3 Å². The highest BCUT2D eigenvalue weighted by Gasteiger charge is 2.41. The summed E-state index contributed by atoms with van der Waals surface area (Å²) < 4.78 is 0. The molecule has 1 nitrogen and oxygen atoms in total. The summed E-state index contributed by atoms with van der Waals surface area (Å²) in [5.41, 5.74) is 3.25. The normalized spacial score (nSPS) is 36.2. The molecule has 0 heterocycles. The maximum atomic E-state index is 10.2. The molecule has 92 valence electrons. The van der Waals surface area contributed by atoms with Crippen LogP contribution in [0.1, 0.15) is 66.2 Å². The highest BCUT2D eigenvalue weighted by atomic mass is 16.3. The second-order valence-corrected chi connectivity index (χ2v) is 6.77. The smallest absolute Gasteiger partial charge is 0.0622 e. The average Bonchev–Trinajstić information content (AvgIpc) is 2.15. The molecule has 0 aromatic heterocycles. The molecule has 1 saturated carbocycles. The Labute approximate surface area is 99.9 Å². The predicted molar refractivity (Wildman–Crippen MR) is 68.3 cm³/mol. The molecule has 1 fully saturated rings. The first-order valence-corrected chi connectivity index (χ1v) is 6.74. The minimum absolute atomic E-state index is 0.462. The van der Waals surface area contributed by atoms with Crippen molar-refractivity contribution in [3.63, 3.8) is 0 Å². The van der Waals surface area contributed by atoms with Gasteiger partial charge in [0.15, 0.2) is 0 Å². The zero-order valence-corrected chi connectivity index (χ0v) is 11.3. The van der Waals surface area contributed by atoms with Crippen LogP contribution in [0.5, 0.6) is 0 Å². The molecule has 0 saturated heterocycles. The van der Waals surface area contributed by atoms with Crippen LogP contribution in [0.3, 0.4) is 0 Å². The predicted octanol–water partition coefficient (Wildman–Crippen LogP) is 4.06. The van der Waals surface area contributed by atoms with E-state index >= 15 is 0 Å². The lowest BCUT2D eigenvalue weighted by Crippen LogP contribution is -2.39. The van der Waals surface area contributed by atoms with E-state index in [4.69, 9.17) is 0 Å². The van der Waals surface area contributed by atoms with Crippen molar-refractivity contribution in [3.05, 3.63) is 11.1 Å². The fourth-order valence-corrected chi connectivity index (χ4v) is 3.70. The lowest BCUT2D eigenvalue weighted by Gasteiger charge is -2.46. The van der Waals surface area contributed by atoms with Crippen molar-refractivity contribution in [3.8, 4) is 0 Å². The summed E-state index contributed by atoms with van der Waals surface area (Å²) in [5.74, 6) is 0.462. The third-order valence-electron chi connectivity index (χ3n) is 5.02. The van der Waals surface area contributed by atoms with Crippen LogP contribution < -0.4 is 0 Å². The molecule has 0 amide bonds. The number of aliphatic hydroxyl groups is 1. The highest BCUT2D eigenvalue weighted by Crippen LogP contribution is 2.52. The summed E-state index contributed by atoms with van der Waals surface area (Å²) in [4.78, 5) is 0. The molecule has 0 unspecified atom stereocenters. The molecule has 0 radical (unpaired) electrons. The van der Waals surface area contributed by atoms with Crippen LogP contribution in [-0.2, 0) is 0 Å². The van der Waals surface area contributed by atoms with Crippen LogP contribution >= 0.6 is 0 Å². The lowest BCUT2D eigenvalue weighted by molar-refractivity contribution is -0.00453. The van der Waals surface area contributed by atoms with Crippen molar-refractivity contribution in [2.45, 2.75) is 71.8 Å². The van der Waals surface area contributed by atoms with E-state index in [9.17, 15) is 5.11 Å². The standard InChI is InChI=1S/C15H26O/c1-11-6-5-8-15(4)9-7-12(10-13(11)15)14(2,3)16/h12,16H,5-10H2,1-4H3/t12-,15+/m0/s1. The first kappa shape index (κ1) is 12.2. The summed E-state index contributed by atoms with van der Waals surface area (Å²) >= 11 is 0. The lowest BCUT2D eigenvalue weighted by atomic mass is 9.60. The summed E-state index contributed by atoms with van der Waals surface area (Å²) in [6.07, 6.45) is 7.59. The van der Waals surface area contributed by atoms with Crippen LogP contribution in [0.25, 0.3) is 0 Å². The SMILES string of the molecule is CC1=C2C[C@@H](C(C)(C)O)CC[C@@]2(C)CCC1. The highest BCUT2D eigenvalue weighted by molar-refractivity contribution is 5.26. The number of hydrogen-bond acceptors (Lipinski definition) is 1. The van der Waals surface area contributed by atoms with Gasteiger partial charge in [-0.1, -0.05) is 18.1 Å². The Morgan fingerprint density at radius 2 is 2.00 bits per heavy atom. The Hall–Kier alpha value is -0.300. The zero-order chi connectivity index (χ0) is 12.0. The summed E-state index contributed by atoms with van der Waals surface area (Å²) in [7, 11) is 0. The summed E-state index contributed by atoms with van der Waals surface area (Å²) in [6, 6.07) is 0. The molecule has 2 aliphatic carbocycles. The van der Waals surface area contributed by atoms with Crippen molar-refractivity contribution in [2.24, 2.45) is 11.3 Å². The number of allylic oxidation sites excluding steroid dienone is 2. The third-order valence-corrected chi connectivity index (χ3v) is 5.02. The van der Waals surface area contributed by atoms with Crippen LogP contribution in [0.2, 0.25) is 0 Å². The van der Waals surface area contributed by atoms with Gasteiger partial charge < -0.3 is 5.11 Å². The number of fused-ring (bicyclic) bond motifs is 1. The Morgan fingerprint density at radius 3 is 2.62 bits per heavy atom. The van der Waals surface area contributed by atoms with Crippen molar-refractivity contribution < 1.29 is 5.11 Å². The van der Waals surface area contributed by atoms with E-state index < -0.39 is 5.60 Å². The van der Waals surface area contributed by atoms with E-state index in [1.807, 2.05) is 13.8 Å². The molecule has 0 bridgehead atoms. The van der Waals surface area contributed by atoms with Crippen LogP contribution in [0.15, 0.2) is 11.1 Å². The van der Waals surface area contributed by atoms with Gasteiger partial charge >= 0.3 is 0 Å². The second-order valence-electron chi connectivity index (χ2n) is 6.77. The molecule has 1 heteroatoms. The first-order valence-electron chi connectivity index (χ1n) is 6.74. The minimum atomic E-state index is -0.508. The molecule has 0 aromatic rings. The fourth-order valence-electron chi connectivity index (χ4n) is 3.70. The van der Waals surface area contributed by atoms with Gasteiger partial charge in [0.25, 0.3) is 0 Å². The van der Waals surface area contributed by atoms with E-state index in [1.54, 1.807) is 11.1 Å². The Kier molecular flexibility index (Phi) is 2.94. The Bertz CT molecular complexity index is 308. The molecule has 2 rings (SSSR count). The fraction of sp³-hybridized carbons (Fsp3) is 0.867. The van der Waals surface area contributed by atoms with Gasteiger partial charge in [-0.15, -0.1) is 0 Å². The molecule has 0 aromatic carbocycles. The van der Waals surface area contributed by atoms with Gasteiger partial charge in [0.05, 0.1) is 5.60 Å². The van der Waals surface area contributed by atoms with Gasteiger partial charge in [0, 0.05) is 0 Å². The van der Waals surface area contributed by atoms with Crippen LogP contribution in [-0.4, -0.2) is 10.7 Å². The maximum Gasteiger partial charge on any atom is 0.0622 e. The molecule has 16 heavy (non-hydrogen) atoms. The van der Waals surface area contributed by atoms with Crippen molar-refractivity contribution >= 4 is 0 Å². The number of hydrogen-bond donors (Lipinski definition) is 1. The van der Waals surface area contributed by atoms with E-state index in [1.165, 1.54) is 32.1 Å². The van der Waals surface area contributed by atoms with E-state index in [-0.39, 0.29) is 0 Å². The Morgan fingerprint density at radius 1 is 1.31 bits per heavy atom. The first-order chi connectivity index (χ1) is 7.33. The minimum Gasteiger partial charge on any atom is -0.390 e. The van der Waals surface area contributed by atoms with Gasteiger partial charge in [-0.05, 0) is 70.6 Å². The molecular weight excluding hydrogens is 196 g/mol. The van der Waals surface area contributed by atoms with Gasteiger partial charge in [-0.25, -0.2) is 0 Å². The molecule has 0 aliphatic heterocycles. The average molecular weight is 222 g/mol. The monoisotopic (exact) mass is 222 g/mol. The third kappa shape index (κ3) is 2.07. The summed E-state index contributed by atoms with van der Waals surface area (Å²) in [5, 5.41) is 10.2. The number of rotatable bonds is 1. The van der Waals surface area contributed by atoms with Crippen LogP contribution in [0, 0.1) is 11.3 Å². The Balaban J connectivity index is 2.25. The molecule has 1 N–H and O–H groups in total. The molecule has 0 spiro atoms. The topological polar surface area (TPSA) is 20.2 Å². The molecule has 2 atom stereocenters. The second kappa shape index (κ2) is 3.87. The van der Waals surface area contributed by atoms with Crippen LogP contribution in [0.4, 0.5) is 0 Å². The molecule has 2 aliphatic rings. The van der Waals surface area contributed by atoms with Gasteiger partial charge in [0.2, 0.25) is 0 Å². The van der Waals surface area contributed by atoms with Crippen molar-refractivity contribution in [2.75, 3.05) is 0 Å². The summed E-state index contributed by atoms with van der Waals surface area (Å²) in [6.45, 7) is 8.68. The van der Waals surface area contributed by atoms with Gasteiger partial charge in [0.1, 0.15) is 0 Å². The van der Waals surface area contributed by atoms with Crippen molar-refractivity contribution in [1.82, 2.24) is 0 Å². The van der Waals surface area contributed by atoms with Crippen molar-refractivity contribution in [1.29, 1.82) is 0 Å². The quantitative estimate of drug-likeness (QED) is 0.663. The van der Waals surface area contributed by atoms with E-state index in [0.717, 1.165) is 6.42 Å². The maximum absolute atomic E-state index is 10.2. The zero-order valence-electron chi connectivity index (χ0n) is 11.3. The largest absolute Gasteiger partial charge is 0.390 e. The molecular formula is C15H26O. The van der Waals surface area contributed by atoms with E-state index in [2.05, 4.69) is 13.8 Å².